The summed E-state index contributed by atoms with van der Waals surface area (Å²) in [5.41, 5.74) is 3.08. The number of β-amino-alcohol motifs (C(OH)–C–C–N with tert-alkyl or cyclic N) is 1. The van der Waals surface area contributed by atoms with Crippen LogP contribution < -0.4 is 4.74 Å². The summed E-state index contributed by atoms with van der Waals surface area (Å²) in [5.74, 6) is 0.910. The average Bonchev–Trinajstić information content (AvgIpc) is 2.73. The van der Waals surface area contributed by atoms with Crippen molar-refractivity contribution >= 4 is 5.91 Å². The van der Waals surface area contributed by atoms with Crippen LogP contribution in [-0.2, 0) is 5.41 Å². The largest absolute Gasteiger partial charge is 0.491 e. The van der Waals surface area contributed by atoms with Gasteiger partial charge < -0.3 is 14.7 Å². The van der Waals surface area contributed by atoms with E-state index in [1.807, 2.05) is 42.2 Å². The summed E-state index contributed by atoms with van der Waals surface area (Å²) in [5, 5.41) is 10.5. The molecule has 1 unspecified atom stereocenters. The first-order valence-corrected chi connectivity index (χ1v) is 10.7. The Morgan fingerprint density at radius 3 is 2.37 bits per heavy atom. The molecule has 0 aromatic heterocycles. The Bertz CT molecular complexity index is 837. The Morgan fingerprint density at radius 1 is 1.07 bits per heavy atom. The second-order valence-electron chi connectivity index (χ2n) is 9.15. The Hall–Kier alpha value is -2.37. The van der Waals surface area contributed by atoms with Gasteiger partial charge in [0.05, 0.1) is 0 Å². The summed E-state index contributed by atoms with van der Waals surface area (Å²) in [7, 11) is 0. The van der Waals surface area contributed by atoms with Crippen molar-refractivity contribution < 1.29 is 14.6 Å². The van der Waals surface area contributed by atoms with Crippen LogP contribution in [0.2, 0.25) is 0 Å². The number of nitrogens with zero attached hydrogens (tertiary/aromatic N) is 2. The van der Waals surface area contributed by atoms with E-state index in [0.717, 1.165) is 30.0 Å². The number of hydrogen-bond acceptors (Lipinski definition) is 4. The molecule has 2 aromatic carbocycles. The van der Waals surface area contributed by atoms with E-state index in [1.165, 1.54) is 5.56 Å². The van der Waals surface area contributed by atoms with Crippen molar-refractivity contribution in [1.82, 2.24) is 9.80 Å². The molecule has 30 heavy (non-hydrogen) atoms. The maximum atomic E-state index is 12.6. The number of hydrogen-bond donors (Lipinski definition) is 1. The van der Waals surface area contributed by atoms with Gasteiger partial charge in [-0.25, -0.2) is 0 Å². The van der Waals surface area contributed by atoms with Gasteiger partial charge in [-0.2, -0.15) is 0 Å². The number of aliphatic hydroxyl groups is 1. The molecule has 3 rings (SSSR count). The molecule has 1 saturated heterocycles. The van der Waals surface area contributed by atoms with Crippen LogP contribution >= 0.6 is 0 Å². The van der Waals surface area contributed by atoms with Crippen LogP contribution in [0.25, 0.3) is 0 Å². The fraction of sp³-hybridized carbons (Fsp3) is 0.480. The van der Waals surface area contributed by atoms with E-state index in [9.17, 15) is 9.90 Å². The van der Waals surface area contributed by atoms with E-state index in [2.05, 4.69) is 43.9 Å². The van der Waals surface area contributed by atoms with Crippen LogP contribution in [0.1, 0.15) is 42.3 Å². The normalized spacial score (nSPS) is 16.4. The van der Waals surface area contributed by atoms with Gasteiger partial charge in [-0.05, 0) is 41.7 Å². The molecule has 5 heteroatoms. The second-order valence-corrected chi connectivity index (χ2v) is 9.15. The van der Waals surface area contributed by atoms with Gasteiger partial charge in [-0.15, -0.1) is 0 Å². The summed E-state index contributed by atoms with van der Waals surface area (Å²) in [6.45, 7) is 12.2. The van der Waals surface area contributed by atoms with Crippen LogP contribution in [0.3, 0.4) is 0 Å². The van der Waals surface area contributed by atoms with Crippen molar-refractivity contribution in [1.29, 1.82) is 0 Å². The number of aryl methyl sites for hydroxylation is 1. The molecule has 5 nitrogen and oxygen atoms in total. The highest BCUT2D eigenvalue weighted by Gasteiger charge is 2.23. The summed E-state index contributed by atoms with van der Waals surface area (Å²) < 4.78 is 5.95. The Balaban J connectivity index is 1.46. The SMILES string of the molecule is Cc1ccc(C(C)(C)C)cc1OCC(O)CN1CCN(C(=O)c2ccccc2)CC1. The highest BCUT2D eigenvalue weighted by molar-refractivity contribution is 5.94. The molecule has 2 aromatic rings. The van der Waals surface area contributed by atoms with Gasteiger partial charge in [0.25, 0.3) is 5.91 Å². The molecule has 1 amide bonds. The number of ether oxygens (including phenoxy) is 1. The lowest BCUT2D eigenvalue weighted by atomic mass is 9.86. The number of rotatable bonds is 6. The number of carbonyl (C=O) groups is 1. The van der Waals surface area contributed by atoms with Gasteiger partial charge >= 0.3 is 0 Å². The zero-order valence-corrected chi connectivity index (χ0v) is 18.6. The molecule has 162 valence electrons. The van der Waals surface area contributed by atoms with Crippen molar-refractivity contribution in [2.45, 2.75) is 39.2 Å². The smallest absolute Gasteiger partial charge is 0.253 e. The molecule has 1 aliphatic heterocycles. The lowest BCUT2D eigenvalue weighted by Crippen LogP contribution is -2.50. The summed E-state index contributed by atoms with van der Waals surface area (Å²) in [4.78, 5) is 16.6. The molecular formula is C25H34N2O3. The molecule has 1 fully saturated rings. The quantitative estimate of drug-likeness (QED) is 0.792. The predicted molar refractivity (Wildman–Crippen MR) is 120 cm³/mol. The van der Waals surface area contributed by atoms with E-state index in [1.54, 1.807) is 0 Å². The third-order valence-corrected chi connectivity index (χ3v) is 5.63. The minimum Gasteiger partial charge on any atom is -0.491 e. The fourth-order valence-corrected chi connectivity index (χ4v) is 3.66. The van der Waals surface area contributed by atoms with Crippen LogP contribution in [0.15, 0.2) is 48.5 Å². The molecule has 0 saturated carbocycles. The van der Waals surface area contributed by atoms with Gasteiger partial charge in [-0.1, -0.05) is 51.1 Å². The number of aliphatic hydroxyl groups excluding tert-OH is 1. The number of amides is 1. The monoisotopic (exact) mass is 410 g/mol. The third kappa shape index (κ3) is 5.83. The van der Waals surface area contributed by atoms with E-state index >= 15 is 0 Å². The van der Waals surface area contributed by atoms with Crippen molar-refractivity contribution in [3.8, 4) is 5.75 Å². The topological polar surface area (TPSA) is 53.0 Å². The van der Waals surface area contributed by atoms with Crippen LogP contribution in [0, 0.1) is 6.92 Å². The minimum atomic E-state index is -0.570. The van der Waals surface area contributed by atoms with Gasteiger partial charge in [-0.3, -0.25) is 9.69 Å². The van der Waals surface area contributed by atoms with Gasteiger partial charge in [0, 0.05) is 38.3 Å². The van der Waals surface area contributed by atoms with Crippen LogP contribution in [0.5, 0.6) is 5.75 Å². The van der Waals surface area contributed by atoms with Crippen molar-refractivity contribution in [3.63, 3.8) is 0 Å². The maximum Gasteiger partial charge on any atom is 0.253 e. The zero-order valence-electron chi connectivity index (χ0n) is 18.6. The van der Waals surface area contributed by atoms with Crippen LogP contribution in [-0.4, -0.2) is 66.2 Å². The van der Waals surface area contributed by atoms with Gasteiger partial charge in [0.1, 0.15) is 18.5 Å². The Labute approximate surface area is 180 Å². The van der Waals surface area contributed by atoms with E-state index < -0.39 is 6.10 Å². The molecule has 0 bridgehead atoms. The summed E-state index contributed by atoms with van der Waals surface area (Å²) in [6.07, 6.45) is -0.570. The standard InChI is InChI=1S/C25H34N2O3/c1-19-10-11-21(25(2,3)4)16-23(19)30-18-22(28)17-26-12-14-27(15-13-26)24(29)20-8-6-5-7-9-20/h5-11,16,22,28H,12-15,17-18H2,1-4H3. The third-order valence-electron chi connectivity index (χ3n) is 5.63. The molecule has 1 N–H and O–H groups in total. The minimum absolute atomic E-state index is 0.0568. The van der Waals surface area contributed by atoms with Crippen molar-refractivity contribution in [2.75, 3.05) is 39.3 Å². The fourth-order valence-electron chi connectivity index (χ4n) is 3.66. The zero-order chi connectivity index (χ0) is 21.7. The summed E-state index contributed by atoms with van der Waals surface area (Å²) >= 11 is 0. The number of benzene rings is 2. The molecule has 0 spiro atoms. The van der Waals surface area contributed by atoms with E-state index in [0.29, 0.717) is 19.6 Å². The van der Waals surface area contributed by atoms with Gasteiger partial charge in [0.2, 0.25) is 0 Å². The molecule has 1 aliphatic rings. The first kappa shape index (κ1) is 22.3. The first-order valence-electron chi connectivity index (χ1n) is 10.7. The summed E-state index contributed by atoms with van der Waals surface area (Å²) in [6, 6.07) is 15.7. The molecule has 0 aliphatic carbocycles. The first-order chi connectivity index (χ1) is 14.2. The second kappa shape index (κ2) is 9.63. The highest BCUT2D eigenvalue weighted by atomic mass is 16.5. The van der Waals surface area contributed by atoms with Crippen molar-refractivity contribution in [3.05, 3.63) is 65.2 Å². The lowest BCUT2D eigenvalue weighted by Gasteiger charge is -2.35. The van der Waals surface area contributed by atoms with Crippen molar-refractivity contribution in [2.24, 2.45) is 0 Å². The Kier molecular flexibility index (Phi) is 7.16. The molecular weight excluding hydrogens is 376 g/mol. The molecule has 1 heterocycles. The maximum absolute atomic E-state index is 12.6. The predicted octanol–water partition coefficient (Wildman–Crippen LogP) is 3.49. The van der Waals surface area contributed by atoms with E-state index in [-0.39, 0.29) is 17.9 Å². The number of piperazine rings is 1. The Morgan fingerprint density at radius 2 is 1.73 bits per heavy atom. The molecule has 0 radical (unpaired) electrons. The van der Waals surface area contributed by atoms with Gasteiger partial charge in [0.15, 0.2) is 0 Å². The number of carbonyl (C=O) groups excluding carboxylic acids is 1. The van der Waals surface area contributed by atoms with E-state index in [4.69, 9.17) is 4.74 Å². The lowest BCUT2D eigenvalue weighted by molar-refractivity contribution is 0.0402. The highest BCUT2D eigenvalue weighted by Crippen LogP contribution is 2.28. The van der Waals surface area contributed by atoms with Crippen LogP contribution in [0.4, 0.5) is 0 Å². The molecule has 1 atom stereocenters. The average molecular weight is 411 g/mol.